The van der Waals surface area contributed by atoms with E-state index >= 15 is 0 Å². The van der Waals surface area contributed by atoms with E-state index in [9.17, 15) is 21.6 Å². The van der Waals surface area contributed by atoms with Gasteiger partial charge in [-0.2, -0.15) is 40.2 Å². The van der Waals surface area contributed by atoms with Crippen LogP contribution in [0.25, 0.3) is 10.9 Å². The molecule has 0 amide bonds. The van der Waals surface area contributed by atoms with Gasteiger partial charge >= 0.3 is 6.18 Å². The van der Waals surface area contributed by atoms with E-state index in [4.69, 9.17) is 9.88 Å². The molecule has 0 bridgehead atoms. The Morgan fingerprint density at radius 1 is 1.18 bits per heavy atom. The molecule has 4 rings (SSSR count). The number of benzene rings is 2. The number of halogens is 3. The van der Waals surface area contributed by atoms with Gasteiger partial charge in [-0.25, -0.2) is 13.6 Å². The molecule has 40 heavy (non-hydrogen) atoms. The highest BCUT2D eigenvalue weighted by atomic mass is 32.2. The smallest absolute Gasteiger partial charge is 0.406 e. The maximum atomic E-state index is 13.5. The Balaban J connectivity index is 0.00000280. The first-order chi connectivity index (χ1) is 17.9. The molecule has 8 nitrogen and oxygen atoms in total. The fourth-order valence-corrected chi connectivity index (χ4v) is 5.14. The Labute approximate surface area is 246 Å². The van der Waals surface area contributed by atoms with Crippen molar-refractivity contribution >= 4 is 59.3 Å². The van der Waals surface area contributed by atoms with Crippen LogP contribution in [0.2, 0.25) is 0 Å². The highest BCUT2D eigenvalue weighted by Crippen LogP contribution is 2.31. The highest BCUT2D eigenvalue weighted by Gasteiger charge is 2.30. The third-order valence-corrected chi connectivity index (χ3v) is 7.26. The summed E-state index contributed by atoms with van der Waals surface area (Å²) in [5.74, 6) is 5.97. The van der Waals surface area contributed by atoms with Gasteiger partial charge in [-0.05, 0) is 62.6 Å². The van der Waals surface area contributed by atoms with Crippen molar-refractivity contribution in [3.63, 3.8) is 0 Å². The monoisotopic (exact) mass is 617 g/mol. The summed E-state index contributed by atoms with van der Waals surface area (Å²) in [6, 6.07) is 11.6. The van der Waals surface area contributed by atoms with Crippen LogP contribution in [-0.2, 0) is 16.6 Å². The lowest BCUT2D eigenvalue weighted by molar-refractivity contribution is -0.140. The molecule has 220 valence electrons. The summed E-state index contributed by atoms with van der Waals surface area (Å²) in [5, 5.41) is 15.8. The Bertz CT molecular complexity index is 1480. The van der Waals surface area contributed by atoms with E-state index in [1.54, 1.807) is 18.2 Å². The molecular formula is C26H34F3N5O3S3. The number of sulfonamides is 1. The third kappa shape index (κ3) is 8.40. The van der Waals surface area contributed by atoms with Crippen molar-refractivity contribution in [2.24, 2.45) is 5.14 Å². The predicted molar refractivity (Wildman–Crippen MR) is 163 cm³/mol. The third-order valence-electron chi connectivity index (χ3n) is 6.35. The summed E-state index contributed by atoms with van der Waals surface area (Å²) in [7, 11) is -2.52. The summed E-state index contributed by atoms with van der Waals surface area (Å²) < 4.78 is 70.0. The van der Waals surface area contributed by atoms with Crippen molar-refractivity contribution in [2.45, 2.75) is 49.5 Å². The summed E-state index contributed by atoms with van der Waals surface area (Å²) in [6.07, 6.45) is -2.59. The number of anilines is 2. The summed E-state index contributed by atoms with van der Waals surface area (Å²) >= 11 is 0. The zero-order chi connectivity index (χ0) is 27.5. The van der Waals surface area contributed by atoms with Crippen LogP contribution in [0.5, 0.6) is 5.75 Å². The van der Waals surface area contributed by atoms with Crippen molar-refractivity contribution in [3.05, 3.63) is 48.2 Å². The average Bonchev–Trinajstić information content (AvgIpc) is 3.18. The minimum atomic E-state index is -4.42. The SMILES string of the molecule is COc1cc(S(N)(=O)=O)ccc1NCC#Cc1cc2c(N[C@H]3CCN[C@@H](C)C3)cccc2n1CC(F)(F)F.S.S. The van der Waals surface area contributed by atoms with Crippen LogP contribution in [0, 0.1) is 11.8 Å². The van der Waals surface area contributed by atoms with Gasteiger partial charge in [0, 0.05) is 29.2 Å². The number of alkyl halides is 3. The Morgan fingerprint density at radius 2 is 1.93 bits per heavy atom. The van der Waals surface area contributed by atoms with Gasteiger partial charge in [0.2, 0.25) is 10.0 Å². The van der Waals surface area contributed by atoms with Crippen molar-refractivity contribution < 1.29 is 26.3 Å². The van der Waals surface area contributed by atoms with Gasteiger partial charge in [0.15, 0.2) is 0 Å². The number of rotatable bonds is 7. The van der Waals surface area contributed by atoms with E-state index < -0.39 is 22.7 Å². The minimum Gasteiger partial charge on any atom is -0.495 e. The lowest BCUT2D eigenvalue weighted by atomic mass is 10.00. The molecule has 0 unspecified atom stereocenters. The Kier molecular flexibility index (Phi) is 11.5. The zero-order valence-corrected chi connectivity index (χ0v) is 24.8. The van der Waals surface area contributed by atoms with E-state index in [1.165, 1.54) is 29.9 Å². The number of hydrogen-bond acceptors (Lipinski definition) is 6. The molecule has 1 aliphatic rings. The maximum absolute atomic E-state index is 13.5. The molecule has 5 N–H and O–H groups in total. The van der Waals surface area contributed by atoms with E-state index in [2.05, 4.69) is 34.7 Å². The standard InChI is InChI=1S/C26H30F3N5O3S.2H2S/c1-17-13-18(10-12-31-17)33-22-6-3-7-24-21(22)14-19(34(24)16-26(27,28)29)5-4-11-32-23-9-8-20(38(30,35)36)15-25(23)37-2;;/h3,6-9,14-15,17-18,31-33H,10-13,16H2,1-2H3,(H2,30,35,36);2*1H2/t17-,18-;;/m0../s1. The minimum absolute atomic E-state index is 0. The number of aromatic nitrogens is 1. The normalized spacial score (nSPS) is 17.1. The second-order valence-corrected chi connectivity index (χ2v) is 10.8. The largest absolute Gasteiger partial charge is 0.495 e. The van der Waals surface area contributed by atoms with E-state index in [0.717, 1.165) is 25.1 Å². The van der Waals surface area contributed by atoms with Gasteiger partial charge in [0.1, 0.15) is 12.3 Å². The van der Waals surface area contributed by atoms with Crippen molar-refractivity contribution in [2.75, 3.05) is 30.8 Å². The molecular weight excluding hydrogens is 584 g/mol. The molecule has 14 heteroatoms. The molecule has 0 radical (unpaired) electrons. The Hall–Kier alpha value is -2.70. The number of nitrogens with two attached hydrogens (primary N) is 1. The zero-order valence-electron chi connectivity index (χ0n) is 22.0. The van der Waals surface area contributed by atoms with Crippen LogP contribution < -0.4 is 25.8 Å². The van der Waals surface area contributed by atoms with Crippen LogP contribution in [0.1, 0.15) is 25.5 Å². The number of primary sulfonamides is 1. The number of nitrogens with one attached hydrogen (secondary N) is 3. The summed E-state index contributed by atoms with van der Waals surface area (Å²) in [5.41, 5.74) is 1.94. The lowest BCUT2D eigenvalue weighted by Crippen LogP contribution is -2.41. The first-order valence-corrected chi connectivity index (χ1v) is 13.6. The first kappa shape index (κ1) is 33.5. The van der Waals surface area contributed by atoms with Gasteiger partial charge in [-0.3, -0.25) is 0 Å². The second kappa shape index (κ2) is 13.8. The van der Waals surface area contributed by atoms with E-state index in [0.29, 0.717) is 22.6 Å². The van der Waals surface area contributed by atoms with Crippen LogP contribution in [0.15, 0.2) is 47.4 Å². The molecule has 1 aromatic heterocycles. The average molecular weight is 618 g/mol. The van der Waals surface area contributed by atoms with Gasteiger partial charge in [0.05, 0.1) is 35.4 Å². The molecule has 1 aliphatic heterocycles. The number of methoxy groups -OCH3 is 1. The maximum Gasteiger partial charge on any atom is 0.406 e. The van der Waals surface area contributed by atoms with Gasteiger partial charge in [-0.1, -0.05) is 12.0 Å². The number of nitrogens with zero attached hydrogens (tertiary/aromatic N) is 1. The second-order valence-electron chi connectivity index (χ2n) is 9.25. The number of fused-ring (bicyclic) bond motifs is 1. The summed E-state index contributed by atoms with van der Waals surface area (Å²) in [6.45, 7) is 1.91. The van der Waals surface area contributed by atoms with Crippen molar-refractivity contribution in [1.82, 2.24) is 9.88 Å². The molecule has 1 fully saturated rings. The highest BCUT2D eigenvalue weighted by molar-refractivity contribution is 7.89. The van der Waals surface area contributed by atoms with Crippen molar-refractivity contribution in [1.29, 1.82) is 0 Å². The molecule has 3 aromatic rings. The number of hydrogen-bond donors (Lipinski definition) is 4. The van der Waals surface area contributed by atoms with Gasteiger partial charge in [0.25, 0.3) is 0 Å². The lowest BCUT2D eigenvalue weighted by Gasteiger charge is -2.29. The Morgan fingerprint density at radius 3 is 2.58 bits per heavy atom. The van der Waals surface area contributed by atoms with Crippen LogP contribution in [0.4, 0.5) is 24.5 Å². The van der Waals surface area contributed by atoms with Crippen LogP contribution in [-0.4, -0.2) is 51.4 Å². The van der Waals surface area contributed by atoms with Gasteiger partial charge < -0.3 is 25.3 Å². The number of ether oxygens (including phenoxy) is 1. The van der Waals surface area contributed by atoms with Crippen LogP contribution in [0.3, 0.4) is 0 Å². The van der Waals surface area contributed by atoms with E-state index in [-0.39, 0.29) is 55.9 Å². The molecule has 2 atom stereocenters. The molecule has 2 aromatic carbocycles. The number of piperidine rings is 1. The van der Waals surface area contributed by atoms with Crippen molar-refractivity contribution in [3.8, 4) is 17.6 Å². The summed E-state index contributed by atoms with van der Waals surface area (Å²) in [4.78, 5) is -0.106. The van der Waals surface area contributed by atoms with E-state index in [1.807, 2.05) is 6.07 Å². The van der Waals surface area contributed by atoms with Crippen LogP contribution >= 0.6 is 27.0 Å². The topological polar surface area (TPSA) is 110 Å². The van der Waals surface area contributed by atoms with Gasteiger partial charge in [-0.15, -0.1) is 0 Å². The molecule has 1 saturated heterocycles. The first-order valence-electron chi connectivity index (χ1n) is 12.1. The molecule has 2 heterocycles. The molecule has 0 spiro atoms. The fourth-order valence-electron chi connectivity index (χ4n) is 4.62. The fraction of sp³-hybridized carbons (Fsp3) is 0.385. The molecule has 0 saturated carbocycles. The quantitative estimate of drug-likeness (QED) is 0.297. The predicted octanol–water partition coefficient (Wildman–Crippen LogP) is 4.10. The molecule has 0 aliphatic carbocycles.